The van der Waals surface area contributed by atoms with E-state index in [4.69, 9.17) is 0 Å². The molecule has 0 saturated carbocycles. The van der Waals surface area contributed by atoms with Gasteiger partial charge in [-0.2, -0.15) is 0 Å². The summed E-state index contributed by atoms with van der Waals surface area (Å²) in [6.45, 7) is 21.5. The van der Waals surface area contributed by atoms with Crippen LogP contribution in [0.1, 0.15) is 48.5 Å². The van der Waals surface area contributed by atoms with E-state index in [1.807, 2.05) is 13.8 Å². The van der Waals surface area contributed by atoms with E-state index >= 15 is 0 Å². The fourth-order valence-corrected chi connectivity index (χ4v) is 2.43. The van der Waals surface area contributed by atoms with Crippen molar-refractivity contribution >= 4 is 0 Å². The average Bonchev–Trinajstić information content (AvgIpc) is 2.18. The molecule has 0 aliphatic carbocycles. The van der Waals surface area contributed by atoms with Crippen LogP contribution in [0, 0.1) is 11.3 Å². The fourth-order valence-electron chi connectivity index (χ4n) is 2.43. The number of hydrogen-bond acceptors (Lipinski definition) is 1. The monoisotopic (exact) mass is 223 g/mol. The Bertz CT molecular complexity index is 259. The molecular weight excluding hydrogens is 194 g/mol. The summed E-state index contributed by atoms with van der Waals surface area (Å²) in [6.07, 6.45) is 2.38. The number of nitrogens with zero attached hydrogens (tertiary/aromatic N) is 1. The molecule has 0 spiro atoms. The summed E-state index contributed by atoms with van der Waals surface area (Å²) in [7, 11) is 0. The number of allylic oxidation sites excluding steroid dienone is 1. The van der Waals surface area contributed by atoms with Crippen molar-refractivity contribution in [1.29, 1.82) is 0 Å². The van der Waals surface area contributed by atoms with Gasteiger partial charge in [-0.1, -0.05) is 59.8 Å². The smallest absolute Gasteiger partial charge is 0.0359 e. The van der Waals surface area contributed by atoms with Crippen molar-refractivity contribution in [1.82, 2.24) is 4.90 Å². The van der Waals surface area contributed by atoms with Gasteiger partial charge in [0.15, 0.2) is 0 Å². The maximum atomic E-state index is 4.01. The van der Waals surface area contributed by atoms with Crippen LogP contribution in [0.4, 0.5) is 0 Å². The Labute approximate surface area is 102 Å². The van der Waals surface area contributed by atoms with Gasteiger partial charge < -0.3 is 4.90 Å². The van der Waals surface area contributed by atoms with Gasteiger partial charge in [0.1, 0.15) is 0 Å². The Hall–Kier alpha value is -0.720. The molecule has 0 bridgehead atoms. The van der Waals surface area contributed by atoms with Gasteiger partial charge in [0.25, 0.3) is 0 Å². The van der Waals surface area contributed by atoms with Crippen molar-refractivity contribution in [2.75, 3.05) is 13.1 Å². The topological polar surface area (TPSA) is 3.24 Å². The van der Waals surface area contributed by atoms with E-state index in [1.54, 1.807) is 5.57 Å². The standard InChI is InChI=1S/C13H23N.C2H6/c1-10(2)12-7-8-14(11(3)4)9-13(12,5)6;1-2/h7,10H,3,8-9H2,1-2,4-6H3;1-2H3. The highest BCUT2D eigenvalue weighted by molar-refractivity contribution is 5.20. The molecule has 94 valence electrons. The third kappa shape index (κ3) is 3.70. The van der Waals surface area contributed by atoms with Gasteiger partial charge in [-0.3, -0.25) is 0 Å². The van der Waals surface area contributed by atoms with E-state index < -0.39 is 0 Å². The first kappa shape index (κ1) is 15.3. The lowest BCUT2D eigenvalue weighted by molar-refractivity contribution is 0.233. The minimum Gasteiger partial charge on any atom is -0.371 e. The minimum absolute atomic E-state index is 0.297. The molecule has 1 rings (SSSR count). The molecule has 0 aromatic carbocycles. The molecule has 0 aromatic heterocycles. The SMILES string of the molecule is C=C(C)N1CC=C(C(C)C)C(C)(C)C1.CC. The lowest BCUT2D eigenvalue weighted by Gasteiger charge is -2.41. The lowest BCUT2D eigenvalue weighted by atomic mass is 9.76. The first-order chi connectivity index (χ1) is 7.34. The summed E-state index contributed by atoms with van der Waals surface area (Å²) in [5.74, 6) is 0.664. The van der Waals surface area contributed by atoms with Crippen LogP contribution in [0.25, 0.3) is 0 Å². The van der Waals surface area contributed by atoms with Crippen LogP contribution in [0.3, 0.4) is 0 Å². The van der Waals surface area contributed by atoms with Crippen molar-refractivity contribution in [2.24, 2.45) is 11.3 Å². The number of hydrogen-bond donors (Lipinski definition) is 0. The average molecular weight is 223 g/mol. The molecule has 0 radical (unpaired) electrons. The Balaban J connectivity index is 0.00000106. The summed E-state index contributed by atoms with van der Waals surface area (Å²) >= 11 is 0. The Kier molecular flexibility index (Phi) is 5.85. The highest BCUT2D eigenvalue weighted by atomic mass is 15.1. The first-order valence-corrected chi connectivity index (χ1v) is 6.45. The summed E-state index contributed by atoms with van der Waals surface area (Å²) in [5.41, 5.74) is 3.07. The second-order valence-corrected chi connectivity index (χ2v) is 5.31. The lowest BCUT2D eigenvalue weighted by Crippen LogP contribution is -2.39. The van der Waals surface area contributed by atoms with Crippen LogP contribution in [0.15, 0.2) is 23.9 Å². The molecule has 0 atom stereocenters. The molecule has 0 aromatic rings. The van der Waals surface area contributed by atoms with Gasteiger partial charge in [-0.15, -0.1) is 0 Å². The second-order valence-electron chi connectivity index (χ2n) is 5.31. The zero-order valence-corrected chi connectivity index (χ0v) is 12.2. The quantitative estimate of drug-likeness (QED) is 0.624. The summed E-state index contributed by atoms with van der Waals surface area (Å²) < 4.78 is 0. The summed E-state index contributed by atoms with van der Waals surface area (Å²) in [4.78, 5) is 2.35. The van der Waals surface area contributed by atoms with Crippen LogP contribution in [-0.2, 0) is 0 Å². The van der Waals surface area contributed by atoms with E-state index in [0.717, 1.165) is 13.1 Å². The Morgan fingerprint density at radius 2 is 1.88 bits per heavy atom. The maximum Gasteiger partial charge on any atom is 0.0359 e. The van der Waals surface area contributed by atoms with Crippen LogP contribution in [-0.4, -0.2) is 18.0 Å². The third-order valence-corrected chi connectivity index (χ3v) is 3.06. The van der Waals surface area contributed by atoms with E-state index in [-0.39, 0.29) is 0 Å². The maximum absolute atomic E-state index is 4.01. The van der Waals surface area contributed by atoms with Crippen molar-refractivity contribution in [3.05, 3.63) is 23.9 Å². The van der Waals surface area contributed by atoms with E-state index in [0.29, 0.717) is 11.3 Å². The molecular formula is C15H29N. The highest BCUT2D eigenvalue weighted by Gasteiger charge is 2.30. The van der Waals surface area contributed by atoms with Crippen LogP contribution in [0.2, 0.25) is 0 Å². The van der Waals surface area contributed by atoms with Gasteiger partial charge in [0.2, 0.25) is 0 Å². The fraction of sp³-hybridized carbons (Fsp3) is 0.733. The molecule has 0 saturated heterocycles. The second kappa shape index (κ2) is 6.12. The molecule has 0 N–H and O–H groups in total. The normalized spacial score (nSPS) is 18.8. The van der Waals surface area contributed by atoms with Crippen molar-refractivity contribution in [2.45, 2.75) is 48.5 Å². The predicted molar refractivity (Wildman–Crippen MR) is 74.4 cm³/mol. The molecule has 1 aliphatic heterocycles. The van der Waals surface area contributed by atoms with Gasteiger partial charge in [-0.25, -0.2) is 0 Å². The van der Waals surface area contributed by atoms with Gasteiger partial charge in [-0.05, 0) is 12.8 Å². The first-order valence-electron chi connectivity index (χ1n) is 6.45. The molecule has 0 amide bonds. The van der Waals surface area contributed by atoms with Crippen molar-refractivity contribution in [3.8, 4) is 0 Å². The molecule has 16 heavy (non-hydrogen) atoms. The predicted octanol–water partition coefficient (Wildman–Crippen LogP) is 4.47. The van der Waals surface area contributed by atoms with Gasteiger partial charge in [0, 0.05) is 24.2 Å². The summed E-state index contributed by atoms with van der Waals surface area (Å²) in [5, 5.41) is 0. The van der Waals surface area contributed by atoms with Crippen LogP contribution < -0.4 is 0 Å². The van der Waals surface area contributed by atoms with Crippen molar-refractivity contribution in [3.63, 3.8) is 0 Å². The Morgan fingerprint density at radius 3 is 2.19 bits per heavy atom. The third-order valence-electron chi connectivity index (χ3n) is 3.06. The zero-order valence-electron chi connectivity index (χ0n) is 12.2. The van der Waals surface area contributed by atoms with E-state index in [2.05, 4.69) is 52.2 Å². The van der Waals surface area contributed by atoms with Crippen molar-refractivity contribution < 1.29 is 0 Å². The summed E-state index contributed by atoms with van der Waals surface area (Å²) in [6, 6.07) is 0. The van der Waals surface area contributed by atoms with Crippen LogP contribution >= 0.6 is 0 Å². The molecule has 1 heteroatoms. The zero-order chi connectivity index (χ0) is 12.9. The minimum atomic E-state index is 0.297. The molecule has 0 fully saturated rings. The van der Waals surface area contributed by atoms with E-state index in [1.165, 1.54) is 5.70 Å². The van der Waals surface area contributed by atoms with Gasteiger partial charge >= 0.3 is 0 Å². The molecule has 1 heterocycles. The van der Waals surface area contributed by atoms with Gasteiger partial charge in [0.05, 0.1) is 0 Å². The highest BCUT2D eigenvalue weighted by Crippen LogP contribution is 2.36. The molecule has 1 aliphatic rings. The molecule has 0 unspecified atom stereocenters. The van der Waals surface area contributed by atoms with Crippen LogP contribution in [0.5, 0.6) is 0 Å². The largest absolute Gasteiger partial charge is 0.371 e. The Morgan fingerprint density at radius 1 is 1.38 bits per heavy atom. The van der Waals surface area contributed by atoms with E-state index in [9.17, 15) is 0 Å². The number of rotatable bonds is 2. The molecule has 1 nitrogen and oxygen atoms in total.